The number of carbonyl (C=O) groups is 1. The number of carbonyl (C=O) groups excluding carboxylic acids is 1. The molecule has 1 aromatic heterocycles. The van der Waals surface area contributed by atoms with Crippen LogP contribution < -0.4 is 4.74 Å². The van der Waals surface area contributed by atoms with Crippen LogP contribution in [0.1, 0.15) is 47.3 Å². The van der Waals surface area contributed by atoms with Gasteiger partial charge in [0.25, 0.3) is 0 Å². The Hall–Kier alpha value is -1.95. The first-order chi connectivity index (χ1) is 13.7. The first-order valence-electron chi connectivity index (χ1n) is 10.1. The van der Waals surface area contributed by atoms with Crippen LogP contribution >= 0.6 is 11.3 Å². The number of nitrogens with zero attached hydrogens (tertiary/aromatic N) is 1. The van der Waals surface area contributed by atoms with Crippen molar-refractivity contribution < 1.29 is 14.3 Å². The molecule has 2 aromatic rings. The number of allylic oxidation sites excluding steroid dienone is 1. The molecule has 28 heavy (non-hydrogen) atoms. The highest BCUT2D eigenvalue weighted by molar-refractivity contribution is 7.17. The molecule has 1 aromatic carbocycles. The lowest BCUT2D eigenvalue weighted by atomic mass is 9.89. The first-order valence-corrected chi connectivity index (χ1v) is 10.9. The van der Waals surface area contributed by atoms with E-state index in [0.29, 0.717) is 11.5 Å². The average molecular weight is 396 g/mol. The van der Waals surface area contributed by atoms with Gasteiger partial charge in [-0.1, -0.05) is 13.0 Å². The van der Waals surface area contributed by atoms with Gasteiger partial charge in [-0.05, 0) is 54.8 Å². The van der Waals surface area contributed by atoms with E-state index in [4.69, 9.17) is 9.47 Å². The Labute approximate surface area is 169 Å². The number of hydrogen-bond acceptors (Lipinski definition) is 5. The number of fused-ring (bicyclic) bond motifs is 1. The number of benzene rings is 1. The molecule has 3 aliphatic rings. The van der Waals surface area contributed by atoms with Gasteiger partial charge in [0.05, 0.1) is 11.5 Å². The predicted octanol–water partition coefficient (Wildman–Crippen LogP) is 5.04. The second-order valence-corrected chi connectivity index (χ2v) is 9.06. The van der Waals surface area contributed by atoms with Gasteiger partial charge in [0.2, 0.25) is 5.79 Å². The van der Waals surface area contributed by atoms with Gasteiger partial charge >= 0.3 is 0 Å². The van der Waals surface area contributed by atoms with E-state index in [0.717, 1.165) is 53.7 Å². The van der Waals surface area contributed by atoms with Crippen molar-refractivity contribution in [3.05, 3.63) is 53.4 Å². The van der Waals surface area contributed by atoms with E-state index in [1.165, 1.54) is 36.7 Å². The van der Waals surface area contributed by atoms with Gasteiger partial charge in [0, 0.05) is 42.4 Å². The molecular formula is C23H25NO3S. The zero-order valence-electron chi connectivity index (χ0n) is 16.0. The van der Waals surface area contributed by atoms with E-state index >= 15 is 0 Å². The molecule has 3 heterocycles. The Morgan fingerprint density at radius 3 is 2.75 bits per heavy atom. The van der Waals surface area contributed by atoms with Gasteiger partial charge in [-0.3, -0.25) is 9.69 Å². The molecule has 0 amide bonds. The Balaban J connectivity index is 1.30. The van der Waals surface area contributed by atoms with Gasteiger partial charge in [-0.15, -0.1) is 11.3 Å². The topological polar surface area (TPSA) is 38.8 Å². The summed E-state index contributed by atoms with van der Waals surface area (Å²) in [6.07, 6.45) is 7.31. The normalized spacial score (nSPS) is 21.6. The highest BCUT2D eigenvalue weighted by Gasteiger charge is 2.42. The molecule has 146 valence electrons. The summed E-state index contributed by atoms with van der Waals surface area (Å²) in [6, 6.07) is 10.9. The van der Waals surface area contributed by atoms with Gasteiger partial charge in [0.15, 0.2) is 5.78 Å². The van der Waals surface area contributed by atoms with E-state index in [-0.39, 0.29) is 5.78 Å². The summed E-state index contributed by atoms with van der Waals surface area (Å²) in [7, 11) is 0. The average Bonchev–Trinajstić information content (AvgIpc) is 3.18. The third-order valence-corrected chi connectivity index (χ3v) is 7.47. The van der Waals surface area contributed by atoms with Crippen molar-refractivity contribution >= 4 is 17.1 Å². The van der Waals surface area contributed by atoms with Crippen LogP contribution in [-0.4, -0.2) is 35.6 Å². The molecular weight excluding hydrogens is 370 g/mol. The summed E-state index contributed by atoms with van der Waals surface area (Å²) in [4.78, 5) is 16.2. The van der Waals surface area contributed by atoms with Gasteiger partial charge in [-0.2, -0.15) is 0 Å². The fraction of sp³-hybridized carbons (Fsp3) is 0.435. The molecule has 0 N–H and O–H groups in total. The van der Waals surface area contributed by atoms with Crippen molar-refractivity contribution in [1.82, 2.24) is 4.90 Å². The van der Waals surface area contributed by atoms with Crippen LogP contribution in [0, 0.1) is 0 Å². The third-order valence-electron chi connectivity index (χ3n) is 6.32. The van der Waals surface area contributed by atoms with Gasteiger partial charge in [-0.25, -0.2) is 0 Å². The fourth-order valence-corrected chi connectivity index (χ4v) is 5.28. The summed E-state index contributed by atoms with van der Waals surface area (Å²) in [5, 5.41) is 0. The number of thiophene rings is 1. The molecule has 1 saturated heterocycles. The van der Waals surface area contributed by atoms with E-state index in [9.17, 15) is 4.79 Å². The van der Waals surface area contributed by atoms with Crippen molar-refractivity contribution in [3.63, 3.8) is 0 Å². The van der Waals surface area contributed by atoms with Crippen molar-refractivity contribution in [2.24, 2.45) is 0 Å². The van der Waals surface area contributed by atoms with Crippen LogP contribution in [0.2, 0.25) is 0 Å². The summed E-state index contributed by atoms with van der Waals surface area (Å²) in [5.74, 6) is 0.448. The summed E-state index contributed by atoms with van der Waals surface area (Å²) < 4.78 is 12.6. The van der Waals surface area contributed by atoms with E-state index in [1.807, 2.05) is 12.1 Å². The van der Waals surface area contributed by atoms with Crippen LogP contribution in [0.4, 0.5) is 0 Å². The molecule has 0 atom stereocenters. The highest BCUT2D eigenvalue weighted by Crippen LogP contribution is 2.41. The van der Waals surface area contributed by atoms with Crippen LogP contribution in [0.3, 0.4) is 0 Å². The molecule has 1 aliphatic carbocycles. The second-order valence-electron chi connectivity index (χ2n) is 7.98. The SMILES string of the molecule is C=CC(=O)c1ccc(-c2ccc3c(c2)COC2(CCN(C4CCC4)CC2)O3)s1. The van der Waals surface area contributed by atoms with Crippen LogP contribution in [0.15, 0.2) is 43.0 Å². The van der Waals surface area contributed by atoms with Gasteiger partial charge in [0.1, 0.15) is 5.75 Å². The molecule has 5 heteroatoms. The number of ketones is 1. The molecule has 2 fully saturated rings. The van der Waals surface area contributed by atoms with Gasteiger partial charge < -0.3 is 9.47 Å². The zero-order valence-corrected chi connectivity index (χ0v) is 16.8. The molecule has 5 rings (SSSR count). The zero-order chi connectivity index (χ0) is 19.1. The number of likely N-dealkylation sites (tertiary alicyclic amines) is 1. The lowest BCUT2D eigenvalue weighted by Crippen LogP contribution is -2.54. The summed E-state index contributed by atoms with van der Waals surface area (Å²) in [5.41, 5.74) is 2.17. The smallest absolute Gasteiger partial charge is 0.213 e. The minimum atomic E-state index is -0.457. The Morgan fingerprint density at radius 2 is 2.04 bits per heavy atom. The Bertz CT molecular complexity index is 906. The molecule has 2 aliphatic heterocycles. The summed E-state index contributed by atoms with van der Waals surface area (Å²) >= 11 is 1.49. The second kappa shape index (κ2) is 7.14. The number of ether oxygens (including phenoxy) is 2. The Kier molecular flexibility index (Phi) is 4.62. The van der Waals surface area contributed by atoms with Crippen LogP contribution in [-0.2, 0) is 11.3 Å². The van der Waals surface area contributed by atoms with Crippen molar-refractivity contribution in [2.45, 2.75) is 50.5 Å². The molecule has 0 radical (unpaired) electrons. The van der Waals surface area contributed by atoms with E-state index in [1.54, 1.807) is 0 Å². The van der Waals surface area contributed by atoms with Crippen LogP contribution in [0.25, 0.3) is 10.4 Å². The van der Waals surface area contributed by atoms with Crippen LogP contribution in [0.5, 0.6) is 5.75 Å². The summed E-state index contributed by atoms with van der Waals surface area (Å²) in [6.45, 7) is 6.27. The predicted molar refractivity (Wildman–Crippen MR) is 111 cm³/mol. The third kappa shape index (κ3) is 3.21. The largest absolute Gasteiger partial charge is 0.462 e. The fourth-order valence-electron chi connectivity index (χ4n) is 4.34. The minimum absolute atomic E-state index is 0.0314. The van der Waals surface area contributed by atoms with E-state index in [2.05, 4.69) is 29.7 Å². The van der Waals surface area contributed by atoms with Crippen molar-refractivity contribution in [3.8, 4) is 16.2 Å². The Morgan fingerprint density at radius 1 is 1.21 bits per heavy atom. The monoisotopic (exact) mass is 395 g/mol. The highest BCUT2D eigenvalue weighted by atomic mass is 32.1. The lowest BCUT2D eigenvalue weighted by Gasteiger charge is -2.47. The molecule has 4 nitrogen and oxygen atoms in total. The number of hydrogen-bond donors (Lipinski definition) is 0. The maximum Gasteiger partial charge on any atom is 0.213 e. The molecule has 0 bridgehead atoms. The maximum atomic E-state index is 11.8. The quantitative estimate of drug-likeness (QED) is 0.537. The first kappa shape index (κ1) is 18.1. The van der Waals surface area contributed by atoms with Crippen molar-refractivity contribution in [1.29, 1.82) is 0 Å². The minimum Gasteiger partial charge on any atom is -0.462 e. The lowest BCUT2D eigenvalue weighted by molar-refractivity contribution is -0.231. The number of piperidine rings is 1. The molecule has 1 spiro atoms. The molecule has 0 unspecified atom stereocenters. The number of rotatable bonds is 4. The molecule has 1 saturated carbocycles. The van der Waals surface area contributed by atoms with Crippen molar-refractivity contribution in [2.75, 3.05) is 13.1 Å². The standard InChI is InChI=1S/C23H25NO3S/c1-2-19(25)22-9-8-21(28-22)16-6-7-20-17(14-16)15-26-23(27-20)10-12-24(13-11-23)18-4-3-5-18/h2,6-9,14,18H,1,3-5,10-13,15H2. The van der Waals surface area contributed by atoms with E-state index < -0.39 is 5.79 Å². The maximum absolute atomic E-state index is 11.8.